The monoisotopic (exact) mass is 328 g/mol. The van der Waals surface area contributed by atoms with Gasteiger partial charge >= 0.3 is 0 Å². The topological polar surface area (TPSA) is 76.1 Å². The molecule has 2 aromatic heterocycles. The van der Waals surface area contributed by atoms with Crippen molar-refractivity contribution in [1.82, 2.24) is 9.97 Å². The third-order valence-corrected chi connectivity index (χ3v) is 3.90. The maximum Gasteiger partial charge on any atom is 0.221 e. The van der Waals surface area contributed by atoms with E-state index in [0.29, 0.717) is 18.9 Å². The molecular formula is C16H16N4O2S. The lowest BCUT2D eigenvalue weighted by molar-refractivity contribution is -0.114. The summed E-state index contributed by atoms with van der Waals surface area (Å²) in [5, 5.41) is 8.99. The fourth-order valence-electron chi connectivity index (χ4n) is 2.14. The number of rotatable bonds is 6. The zero-order valence-electron chi connectivity index (χ0n) is 12.6. The van der Waals surface area contributed by atoms with Gasteiger partial charge in [-0.15, -0.1) is 11.3 Å². The van der Waals surface area contributed by atoms with E-state index in [0.717, 1.165) is 21.7 Å². The van der Waals surface area contributed by atoms with Crippen LogP contribution < -0.4 is 15.4 Å². The predicted molar refractivity (Wildman–Crippen MR) is 92.1 cm³/mol. The minimum absolute atomic E-state index is 0.104. The van der Waals surface area contributed by atoms with Crippen molar-refractivity contribution in [3.05, 3.63) is 42.0 Å². The molecule has 0 saturated heterocycles. The van der Waals surface area contributed by atoms with E-state index in [4.69, 9.17) is 4.74 Å². The highest BCUT2D eigenvalue weighted by Gasteiger charge is 2.04. The molecule has 0 radical (unpaired) electrons. The Bertz CT molecular complexity index is 818. The van der Waals surface area contributed by atoms with Crippen molar-refractivity contribution in [2.45, 2.75) is 6.92 Å². The van der Waals surface area contributed by atoms with Crippen LogP contribution in [0.5, 0.6) is 5.75 Å². The van der Waals surface area contributed by atoms with Crippen LogP contribution in [0.4, 0.5) is 11.5 Å². The number of carbonyl (C=O) groups excluding carboxylic acids is 1. The first-order chi connectivity index (χ1) is 11.2. The van der Waals surface area contributed by atoms with E-state index in [9.17, 15) is 4.79 Å². The molecule has 0 aliphatic rings. The summed E-state index contributed by atoms with van der Waals surface area (Å²) in [6, 6.07) is 9.31. The van der Waals surface area contributed by atoms with E-state index in [1.54, 1.807) is 23.7 Å². The molecule has 7 heteroatoms. The molecule has 0 bridgehead atoms. The van der Waals surface area contributed by atoms with E-state index in [-0.39, 0.29) is 5.91 Å². The van der Waals surface area contributed by atoms with Crippen LogP contribution in [-0.4, -0.2) is 29.0 Å². The van der Waals surface area contributed by atoms with Gasteiger partial charge in [-0.25, -0.2) is 9.97 Å². The van der Waals surface area contributed by atoms with Gasteiger partial charge in [0.15, 0.2) is 0 Å². The Morgan fingerprint density at radius 2 is 2.22 bits per heavy atom. The predicted octanol–water partition coefficient (Wildman–Crippen LogP) is 3.14. The number of hydrogen-bond donors (Lipinski definition) is 2. The molecule has 3 aromatic rings. The fourth-order valence-corrected chi connectivity index (χ4v) is 2.87. The van der Waals surface area contributed by atoms with Crippen LogP contribution in [0, 0.1) is 0 Å². The summed E-state index contributed by atoms with van der Waals surface area (Å²) in [5.74, 6) is 1.42. The Balaban J connectivity index is 1.54. The number of hydrogen-bond acceptors (Lipinski definition) is 6. The normalized spacial score (nSPS) is 10.5. The summed E-state index contributed by atoms with van der Waals surface area (Å²) in [6.45, 7) is 2.58. The van der Waals surface area contributed by atoms with Crippen molar-refractivity contribution in [2.75, 3.05) is 23.8 Å². The Kier molecular flexibility index (Phi) is 4.68. The summed E-state index contributed by atoms with van der Waals surface area (Å²) in [5.41, 5.74) is 0.721. The molecule has 2 heterocycles. The largest absolute Gasteiger partial charge is 0.492 e. The Labute approximate surface area is 137 Å². The van der Waals surface area contributed by atoms with Crippen molar-refractivity contribution >= 4 is 39.0 Å². The van der Waals surface area contributed by atoms with Gasteiger partial charge in [-0.3, -0.25) is 4.79 Å². The van der Waals surface area contributed by atoms with E-state index in [1.807, 2.05) is 29.6 Å². The molecule has 6 nitrogen and oxygen atoms in total. The summed E-state index contributed by atoms with van der Waals surface area (Å²) in [7, 11) is 0. The Morgan fingerprint density at radius 3 is 3.09 bits per heavy atom. The molecule has 3 rings (SSSR count). The lowest BCUT2D eigenvalue weighted by Gasteiger charge is -2.10. The number of benzene rings is 1. The quantitative estimate of drug-likeness (QED) is 0.680. The molecule has 1 aromatic carbocycles. The number of nitrogens with one attached hydrogen (secondary N) is 2. The lowest BCUT2D eigenvalue weighted by atomic mass is 10.3. The summed E-state index contributed by atoms with van der Waals surface area (Å²) >= 11 is 1.59. The van der Waals surface area contributed by atoms with Crippen molar-refractivity contribution in [3.63, 3.8) is 0 Å². The molecule has 0 atom stereocenters. The highest BCUT2D eigenvalue weighted by atomic mass is 32.1. The number of thiophene rings is 1. The molecule has 0 aliphatic heterocycles. The molecule has 0 spiro atoms. The second kappa shape index (κ2) is 7.06. The number of ether oxygens (including phenoxy) is 1. The van der Waals surface area contributed by atoms with Gasteiger partial charge in [0.2, 0.25) is 5.91 Å². The van der Waals surface area contributed by atoms with Crippen molar-refractivity contribution in [1.29, 1.82) is 0 Å². The van der Waals surface area contributed by atoms with Crippen LogP contribution in [0.3, 0.4) is 0 Å². The summed E-state index contributed by atoms with van der Waals surface area (Å²) in [6.07, 6.45) is 1.55. The number of anilines is 2. The van der Waals surface area contributed by atoms with Crippen LogP contribution in [0.2, 0.25) is 0 Å². The van der Waals surface area contributed by atoms with Crippen molar-refractivity contribution < 1.29 is 9.53 Å². The highest BCUT2D eigenvalue weighted by Crippen LogP contribution is 2.23. The van der Waals surface area contributed by atoms with Crippen molar-refractivity contribution in [2.24, 2.45) is 0 Å². The highest BCUT2D eigenvalue weighted by molar-refractivity contribution is 7.16. The summed E-state index contributed by atoms with van der Waals surface area (Å²) in [4.78, 5) is 20.5. The third kappa shape index (κ3) is 3.95. The average Bonchev–Trinajstić information content (AvgIpc) is 3.00. The zero-order valence-corrected chi connectivity index (χ0v) is 13.4. The molecule has 23 heavy (non-hydrogen) atoms. The second-order valence-electron chi connectivity index (χ2n) is 4.85. The van der Waals surface area contributed by atoms with Gasteiger partial charge in [-0.2, -0.15) is 0 Å². The van der Waals surface area contributed by atoms with Gasteiger partial charge in [0, 0.05) is 18.7 Å². The first-order valence-corrected chi connectivity index (χ1v) is 8.03. The standard InChI is InChI=1S/C16H16N4O2S/c1-11(21)20-12-3-2-4-13(9-12)22-7-6-17-15-14-5-8-23-16(14)19-10-18-15/h2-5,8-10H,6-7H2,1H3,(H,20,21)(H,17,18,19). The molecule has 1 amide bonds. The molecule has 0 unspecified atom stereocenters. The Hall–Kier alpha value is -2.67. The molecule has 0 fully saturated rings. The fraction of sp³-hybridized carbons (Fsp3) is 0.188. The first-order valence-electron chi connectivity index (χ1n) is 7.15. The van der Waals surface area contributed by atoms with E-state index >= 15 is 0 Å². The number of fused-ring (bicyclic) bond motifs is 1. The van der Waals surface area contributed by atoms with Gasteiger partial charge < -0.3 is 15.4 Å². The van der Waals surface area contributed by atoms with E-state index < -0.39 is 0 Å². The molecule has 118 valence electrons. The van der Waals surface area contributed by atoms with Gasteiger partial charge in [0.25, 0.3) is 0 Å². The number of nitrogens with zero attached hydrogens (tertiary/aromatic N) is 2. The molecular weight excluding hydrogens is 312 g/mol. The van der Waals surface area contributed by atoms with Crippen LogP contribution in [0.25, 0.3) is 10.2 Å². The molecule has 0 aliphatic carbocycles. The van der Waals surface area contributed by atoms with Crippen LogP contribution in [0.1, 0.15) is 6.92 Å². The van der Waals surface area contributed by atoms with Gasteiger partial charge in [0.1, 0.15) is 29.3 Å². The van der Waals surface area contributed by atoms with Gasteiger partial charge in [0.05, 0.1) is 11.9 Å². The number of aromatic nitrogens is 2. The lowest BCUT2D eigenvalue weighted by Crippen LogP contribution is -2.13. The van der Waals surface area contributed by atoms with E-state index in [2.05, 4.69) is 20.6 Å². The van der Waals surface area contributed by atoms with Crippen LogP contribution in [0.15, 0.2) is 42.0 Å². The van der Waals surface area contributed by atoms with Gasteiger partial charge in [-0.1, -0.05) is 6.07 Å². The maximum atomic E-state index is 11.1. The first kappa shape index (κ1) is 15.2. The van der Waals surface area contributed by atoms with Crippen molar-refractivity contribution in [3.8, 4) is 5.75 Å². The average molecular weight is 328 g/mol. The number of amides is 1. The SMILES string of the molecule is CC(=O)Nc1cccc(OCCNc2ncnc3sccc23)c1. The minimum atomic E-state index is -0.104. The molecule has 0 saturated carbocycles. The summed E-state index contributed by atoms with van der Waals surface area (Å²) < 4.78 is 5.69. The molecule has 2 N–H and O–H groups in total. The van der Waals surface area contributed by atoms with Gasteiger partial charge in [-0.05, 0) is 23.6 Å². The zero-order chi connectivity index (χ0) is 16.1. The minimum Gasteiger partial charge on any atom is -0.492 e. The number of carbonyl (C=O) groups is 1. The van der Waals surface area contributed by atoms with E-state index in [1.165, 1.54) is 6.92 Å². The second-order valence-corrected chi connectivity index (χ2v) is 5.74. The third-order valence-electron chi connectivity index (χ3n) is 3.08. The smallest absolute Gasteiger partial charge is 0.221 e. The Morgan fingerprint density at radius 1 is 1.30 bits per heavy atom. The van der Waals surface area contributed by atoms with Crippen LogP contribution >= 0.6 is 11.3 Å². The maximum absolute atomic E-state index is 11.1. The van der Waals surface area contributed by atoms with Crippen LogP contribution in [-0.2, 0) is 4.79 Å².